The molecule has 5 amide bonds. The molecule has 2 fully saturated rings. The van der Waals surface area contributed by atoms with Gasteiger partial charge in [0.05, 0.1) is 196 Å². The molecule has 8 N–H and O–H groups in total. The number of hydrogen-bond acceptors (Lipinski definition) is 21. The SMILES string of the molecule is CCC(CC)O[C@@H]1C=C(P(=O)(O)OCCCCCCNC(=O)CCOCCOCCOCCOCCOCCOCCOCCOCCOCCOCCOCCOCCNC(=O)CCCC[C@@H]2SC[C@@H]3NC(=O)N[C@@H]32)C[C@H](N)[C@H]1NC(C)=O. The quantitative estimate of drug-likeness (QED) is 0.0261. The number of ether oxygens (including phenoxy) is 13. The first kappa shape index (κ1) is 75.6. The van der Waals surface area contributed by atoms with Crippen molar-refractivity contribution >= 4 is 43.1 Å². The molecule has 2 saturated heterocycles. The summed E-state index contributed by atoms with van der Waals surface area (Å²) in [4.78, 5) is 58.3. The third kappa shape index (κ3) is 37.9. The smallest absolute Gasteiger partial charge is 0.354 e. The number of nitrogens with one attached hydrogen (secondary N) is 5. The first-order chi connectivity index (χ1) is 40.9. The second-order valence-corrected chi connectivity index (χ2v) is 23.4. The van der Waals surface area contributed by atoms with E-state index in [1.807, 2.05) is 25.6 Å². The van der Waals surface area contributed by atoms with Crippen LogP contribution in [0.2, 0.25) is 0 Å². The third-order valence-electron chi connectivity index (χ3n) is 13.5. The van der Waals surface area contributed by atoms with E-state index in [-0.39, 0.29) is 66.7 Å². The van der Waals surface area contributed by atoms with Crippen molar-refractivity contribution in [1.82, 2.24) is 26.6 Å². The van der Waals surface area contributed by atoms with Crippen LogP contribution < -0.4 is 32.3 Å². The summed E-state index contributed by atoms with van der Waals surface area (Å²) in [5, 5.41) is 15.2. The van der Waals surface area contributed by atoms with Gasteiger partial charge in [0.25, 0.3) is 0 Å². The summed E-state index contributed by atoms with van der Waals surface area (Å²) in [6.45, 7) is 17.1. The van der Waals surface area contributed by atoms with E-state index >= 15 is 0 Å². The van der Waals surface area contributed by atoms with Gasteiger partial charge in [-0.2, -0.15) is 11.8 Å². The minimum Gasteiger partial charge on any atom is -0.379 e. The van der Waals surface area contributed by atoms with Gasteiger partial charge in [-0.3, -0.25) is 18.9 Å². The summed E-state index contributed by atoms with van der Waals surface area (Å²) < 4.78 is 91.1. The number of nitrogens with two attached hydrogens (primary N) is 1. The molecule has 28 heteroatoms. The largest absolute Gasteiger partial charge is 0.379 e. The van der Waals surface area contributed by atoms with Gasteiger partial charge in [0.2, 0.25) is 17.7 Å². The van der Waals surface area contributed by atoms with Crippen molar-refractivity contribution in [2.45, 2.75) is 139 Å². The Morgan fingerprint density at radius 2 is 1.06 bits per heavy atom. The molecule has 1 unspecified atom stereocenters. The first-order valence-electron chi connectivity index (χ1n) is 30.4. The van der Waals surface area contributed by atoms with Crippen molar-refractivity contribution < 1.29 is 94.7 Å². The lowest BCUT2D eigenvalue weighted by Crippen LogP contribution is -2.56. The van der Waals surface area contributed by atoms with E-state index in [4.69, 9.17) is 71.8 Å². The van der Waals surface area contributed by atoms with Crippen molar-refractivity contribution in [1.29, 1.82) is 0 Å². The van der Waals surface area contributed by atoms with Crippen LogP contribution in [-0.4, -0.2) is 254 Å². The average molecular weight is 1250 g/mol. The molecule has 84 heavy (non-hydrogen) atoms. The van der Waals surface area contributed by atoms with Gasteiger partial charge in [-0.25, -0.2) is 4.79 Å². The zero-order chi connectivity index (χ0) is 60.6. The molecule has 0 aromatic heterocycles. The van der Waals surface area contributed by atoms with Crippen molar-refractivity contribution in [3.05, 3.63) is 11.4 Å². The van der Waals surface area contributed by atoms with Gasteiger partial charge in [-0.15, -0.1) is 0 Å². The van der Waals surface area contributed by atoms with E-state index < -0.39 is 25.8 Å². The highest BCUT2D eigenvalue weighted by molar-refractivity contribution is 8.00. The molecular formula is C56H105N6O20PS. The summed E-state index contributed by atoms with van der Waals surface area (Å²) in [6, 6.07) is -0.727. The number of unbranched alkanes of at least 4 members (excludes halogenated alkanes) is 4. The molecule has 0 radical (unpaired) electrons. The van der Waals surface area contributed by atoms with Crippen molar-refractivity contribution in [3.63, 3.8) is 0 Å². The number of carbonyl (C=O) groups is 4. The summed E-state index contributed by atoms with van der Waals surface area (Å²) in [5.74, 6) is 0.648. The zero-order valence-electron chi connectivity index (χ0n) is 50.5. The van der Waals surface area contributed by atoms with Crippen LogP contribution in [0.15, 0.2) is 11.4 Å². The van der Waals surface area contributed by atoms with Gasteiger partial charge in [-0.05, 0) is 51.0 Å². The van der Waals surface area contributed by atoms with Crippen molar-refractivity contribution in [3.8, 4) is 0 Å². The molecule has 0 bridgehead atoms. The Bertz CT molecular complexity index is 1790. The standard InChI is InChI=1S/C56H105N6O20PS/c1-4-46(5-2)82-50-43-47(42-48(57)54(50)60-45(3)63)83(67,68)81-17-11-7-6-10-15-58-53(65)14-18-69-20-22-71-24-26-73-28-30-75-32-34-77-36-38-79-40-41-80-39-37-78-35-33-76-31-29-74-27-25-72-23-21-70-19-16-59-52(64)13-9-8-12-51-55-49(44-84-51)61-56(66)62-55/h43,46,48-51,54-55H,4-42,44,57H2,1-3H3,(H,58,65)(H,59,64)(H,60,63)(H,67,68)(H2,61,62,66)/t48-,49-,50+,51-,54+,55-/m0/s1. The molecule has 26 nitrogen and oxygen atoms in total. The van der Waals surface area contributed by atoms with E-state index in [1.165, 1.54) is 6.92 Å². The van der Waals surface area contributed by atoms with Crippen LogP contribution in [0.1, 0.15) is 97.8 Å². The number of rotatable bonds is 58. The summed E-state index contributed by atoms with van der Waals surface area (Å²) in [6.07, 6.45) is 9.00. The molecule has 0 saturated carbocycles. The number of amides is 5. The molecule has 3 aliphatic rings. The normalized spacial score (nSPS) is 20.1. The Morgan fingerprint density at radius 1 is 0.607 bits per heavy atom. The van der Waals surface area contributed by atoms with E-state index in [1.54, 1.807) is 6.08 Å². The van der Waals surface area contributed by atoms with E-state index in [0.717, 1.165) is 57.1 Å². The van der Waals surface area contributed by atoms with Gasteiger partial charge in [0.15, 0.2) is 0 Å². The van der Waals surface area contributed by atoms with Gasteiger partial charge < -0.3 is 103 Å². The summed E-state index contributed by atoms with van der Waals surface area (Å²) in [5.41, 5.74) is 6.35. The maximum Gasteiger partial charge on any atom is 0.354 e. The maximum atomic E-state index is 13.2. The number of urea groups is 1. The van der Waals surface area contributed by atoms with Crippen LogP contribution in [0.3, 0.4) is 0 Å². The average Bonchev–Trinajstić information content (AvgIpc) is 3.95. The summed E-state index contributed by atoms with van der Waals surface area (Å²) >= 11 is 1.90. The Kier molecular flexibility index (Phi) is 45.2. The predicted molar refractivity (Wildman–Crippen MR) is 316 cm³/mol. The minimum absolute atomic E-state index is 0.0335. The monoisotopic (exact) mass is 1240 g/mol. The fourth-order valence-electron chi connectivity index (χ4n) is 8.91. The highest BCUT2D eigenvalue weighted by Crippen LogP contribution is 2.54. The lowest BCUT2D eigenvalue weighted by atomic mass is 9.93. The number of hydrogen-bond donors (Lipinski definition) is 7. The van der Waals surface area contributed by atoms with Gasteiger partial charge in [-0.1, -0.05) is 33.1 Å². The van der Waals surface area contributed by atoms with Crippen LogP contribution in [0.25, 0.3) is 0 Å². The highest BCUT2D eigenvalue weighted by Gasteiger charge is 2.43. The lowest BCUT2D eigenvalue weighted by Gasteiger charge is -2.37. The van der Waals surface area contributed by atoms with Crippen LogP contribution in [0.5, 0.6) is 0 Å². The van der Waals surface area contributed by atoms with Gasteiger partial charge >= 0.3 is 13.6 Å². The lowest BCUT2D eigenvalue weighted by molar-refractivity contribution is -0.122. The molecule has 3 rings (SSSR count). The Morgan fingerprint density at radius 3 is 1.55 bits per heavy atom. The molecule has 1 aliphatic carbocycles. The van der Waals surface area contributed by atoms with Crippen LogP contribution >= 0.6 is 19.4 Å². The molecule has 0 spiro atoms. The first-order valence-corrected chi connectivity index (χ1v) is 33.1. The molecule has 2 aliphatic heterocycles. The Hall–Kier alpha value is -2.64. The van der Waals surface area contributed by atoms with Crippen molar-refractivity contribution in [2.75, 3.05) is 184 Å². The van der Waals surface area contributed by atoms with Gasteiger partial charge in [0, 0.05) is 55.2 Å². The maximum absolute atomic E-state index is 13.2. The number of thioether (sulfide) groups is 1. The summed E-state index contributed by atoms with van der Waals surface area (Å²) in [7, 11) is -4.10. The molecular weight excluding hydrogens is 1140 g/mol. The van der Waals surface area contributed by atoms with E-state index in [9.17, 15) is 28.6 Å². The second-order valence-electron chi connectivity index (χ2n) is 20.2. The zero-order valence-corrected chi connectivity index (χ0v) is 52.3. The minimum atomic E-state index is -4.10. The highest BCUT2D eigenvalue weighted by atomic mass is 32.2. The Balaban J connectivity index is 0.923. The molecule has 2 heterocycles. The fraction of sp³-hybridized carbons (Fsp3) is 0.893. The molecule has 490 valence electrons. The molecule has 0 aromatic carbocycles. The molecule has 0 aromatic rings. The van der Waals surface area contributed by atoms with Crippen LogP contribution in [0.4, 0.5) is 4.79 Å². The second kappa shape index (κ2) is 50.2. The van der Waals surface area contributed by atoms with Gasteiger partial charge in [0.1, 0.15) is 0 Å². The van der Waals surface area contributed by atoms with E-state index in [2.05, 4.69) is 26.6 Å². The molecule has 7 atom stereocenters. The topological polar surface area (TPSA) is 321 Å². The number of carbonyl (C=O) groups excluding carboxylic acids is 4. The van der Waals surface area contributed by atoms with Crippen LogP contribution in [-0.2, 0) is 85.1 Å². The Labute approximate surface area is 503 Å². The fourth-order valence-corrected chi connectivity index (χ4v) is 11.8. The van der Waals surface area contributed by atoms with E-state index in [0.29, 0.717) is 190 Å². The third-order valence-corrected chi connectivity index (χ3v) is 16.6. The van der Waals surface area contributed by atoms with Crippen LogP contribution in [0, 0.1) is 0 Å². The predicted octanol–water partition coefficient (Wildman–Crippen LogP) is 2.99. The van der Waals surface area contributed by atoms with Crippen molar-refractivity contribution in [2.24, 2.45) is 5.73 Å². The number of fused-ring (bicyclic) bond motifs is 1.